The molecule has 6 nitrogen and oxygen atoms in total. The highest BCUT2D eigenvalue weighted by molar-refractivity contribution is 7.92. The lowest BCUT2D eigenvalue weighted by Crippen LogP contribution is -2.50. The number of para-hydroxylation sites is 2. The highest BCUT2D eigenvalue weighted by atomic mass is 32.2. The standard InChI is InChI=1S/C23H21FN2O4S/c24-19-10-6-9-18(13-19)14-25-23(27)22-15-26(20-11-4-5-12-21(20)30-22)31(28,29)16-17-7-2-1-3-8-17/h1-13,22H,14-16H2,(H,25,27). The fourth-order valence-electron chi connectivity index (χ4n) is 3.41. The summed E-state index contributed by atoms with van der Waals surface area (Å²) in [6.07, 6.45) is -1.03. The maximum absolute atomic E-state index is 13.4. The molecule has 1 aliphatic heterocycles. The van der Waals surface area contributed by atoms with E-state index in [-0.39, 0.29) is 18.8 Å². The summed E-state index contributed by atoms with van der Waals surface area (Å²) in [6.45, 7) is -0.0456. The molecule has 1 aliphatic rings. The van der Waals surface area contributed by atoms with Gasteiger partial charge in [-0.2, -0.15) is 0 Å². The number of carbonyl (C=O) groups excluding carboxylic acids is 1. The van der Waals surface area contributed by atoms with Crippen LogP contribution in [0.2, 0.25) is 0 Å². The van der Waals surface area contributed by atoms with Gasteiger partial charge in [-0.1, -0.05) is 54.6 Å². The first kappa shape index (κ1) is 20.9. The Morgan fingerprint density at radius 3 is 2.48 bits per heavy atom. The first-order valence-electron chi connectivity index (χ1n) is 9.74. The van der Waals surface area contributed by atoms with Crippen LogP contribution in [-0.2, 0) is 27.1 Å². The van der Waals surface area contributed by atoms with Crippen molar-refractivity contribution < 1.29 is 22.3 Å². The summed E-state index contributed by atoms with van der Waals surface area (Å²) in [6, 6.07) is 21.5. The third-order valence-corrected chi connectivity index (χ3v) is 6.63. The number of hydrogen-bond acceptors (Lipinski definition) is 4. The molecule has 0 fully saturated rings. The minimum atomic E-state index is -3.77. The van der Waals surface area contributed by atoms with Crippen LogP contribution in [0.4, 0.5) is 10.1 Å². The molecule has 1 heterocycles. The van der Waals surface area contributed by atoms with Gasteiger partial charge in [0.05, 0.1) is 18.0 Å². The Bertz CT molecular complexity index is 1180. The third kappa shape index (κ3) is 4.86. The van der Waals surface area contributed by atoms with E-state index in [4.69, 9.17) is 4.74 Å². The minimum Gasteiger partial charge on any atom is -0.476 e. The van der Waals surface area contributed by atoms with Crippen LogP contribution in [-0.4, -0.2) is 27.0 Å². The molecule has 3 aromatic carbocycles. The maximum Gasteiger partial charge on any atom is 0.263 e. The molecular formula is C23H21FN2O4S. The van der Waals surface area contributed by atoms with E-state index in [0.717, 1.165) is 0 Å². The second-order valence-electron chi connectivity index (χ2n) is 7.19. The Labute approximate surface area is 180 Å². The molecule has 1 unspecified atom stereocenters. The Hall–Kier alpha value is -3.39. The van der Waals surface area contributed by atoms with E-state index in [9.17, 15) is 17.6 Å². The van der Waals surface area contributed by atoms with E-state index in [1.807, 2.05) is 6.07 Å². The van der Waals surface area contributed by atoms with Crippen molar-refractivity contribution in [3.8, 4) is 5.75 Å². The zero-order chi connectivity index (χ0) is 21.8. The van der Waals surface area contributed by atoms with E-state index in [1.165, 1.54) is 16.4 Å². The molecule has 31 heavy (non-hydrogen) atoms. The molecule has 4 rings (SSSR count). The lowest BCUT2D eigenvalue weighted by molar-refractivity contribution is -0.127. The van der Waals surface area contributed by atoms with Gasteiger partial charge in [-0.05, 0) is 35.4 Å². The number of anilines is 1. The Morgan fingerprint density at radius 2 is 1.71 bits per heavy atom. The third-order valence-electron chi connectivity index (χ3n) is 4.91. The Kier molecular flexibility index (Phi) is 5.90. The molecule has 3 aromatic rings. The normalized spacial score (nSPS) is 15.6. The van der Waals surface area contributed by atoms with Gasteiger partial charge in [0, 0.05) is 6.54 Å². The van der Waals surface area contributed by atoms with E-state index in [2.05, 4.69) is 5.32 Å². The van der Waals surface area contributed by atoms with E-state index in [1.54, 1.807) is 60.7 Å². The van der Waals surface area contributed by atoms with Gasteiger partial charge in [-0.25, -0.2) is 12.8 Å². The molecule has 0 spiro atoms. The summed E-state index contributed by atoms with van der Waals surface area (Å²) in [5.41, 5.74) is 1.64. The van der Waals surface area contributed by atoms with Crippen LogP contribution < -0.4 is 14.4 Å². The first-order chi connectivity index (χ1) is 14.9. The van der Waals surface area contributed by atoms with Crippen molar-refractivity contribution in [2.45, 2.75) is 18.4 Å². The van der Waals surface area contributed by atoms with Crippen LogP contribution in [0.3, 0.4) is 0 Å². The van der Waals surface area contributed by atoms with E-state index >= 15 is 0 Å². The molecule has 0 aliphatic carbocycles. The zero-order valence-electron chi connectivity index (χ0n) is 16.6. The molecule has 1 amide bonds. The summed E-state index contributed by atoms with van der Waals surface area (Å²) in [5.74, 6) is -0.748. The van der Waals surface area contributed by atoms with Gasteiger partial charge >= 0.3 is 0 Å². The van der Waals surface area contributed by atoms with Crippen molar-refractivity contribution in [3.63, 3.8) is 0 Å². The van der Waals surface area contributed by atoms with Gasteiger partial charge in [-0.3, -0.25) is 9.10 Å². The van der Waals surface area contributed by atoms with Crippen molar-refractivity contribution in [1.82, 2.24) is 5.32 Å². The van der Waals surface area contributed by atoms with Crippen molar-refractivity contribution in [2.24, 2.45) is 0 Å². The fraction of sp³-hybridized carbons (Fsp3) is 0.174. The number of amides is 1. The molecule has 160 valence electrons. The number of sulfonamides is 1. The van der Waals surface area contributed by atoms with Crippen molar-refractivity contribution in [2.75, 3.05) is 10.8 Å². The van der Waals surface area contributed by atoms with Crippen LogP contribution in [0.15, 0.2) is 78.9 Å². The number of carbonyl (C=O) groups is 1. The summed E-state index contributed by atoms with van der Waals surface area (Å²) >= 11 is 0. The number of benzene rings is 3. The first-order valence-corrected chi connectivity index (χ1v) is 11.4. The average Bonchev–Trinajstić information content (AvgIpc) is 2.77. The number of hydrogen-bond donors (Lipinski definition) is 1. The molecule has 0 aromatic heterocycles. The van der Waals surface area contributed by atoms with Gasteiger partial charge in [0.15, 0.2) is 6.10 Å². The van der Waals surface area contributed by atoms with Gasteiger partial charge in [0.2, 0.25) is 10.0 Å². The van der Waals surface area contributed by atoms with Crippen molar-refractivity contribution >= 4 is 21.6 Å². The number of rotatable bonds is 6. The Morgan fingerprint density at radius 1 is 1.00 bits per heavy atom. The molecule has 8 heteroatoms. The van der Waals surface area contributed by atoms with Gasteiger partial charge in [-0.15, -0.1) is 0 Å². The van der Waals surface area contributed by atoms with E-state index < -0.39 is 27.9 Å². The predicted octanol–water partition coefficient (Wildman–Crippen LogP) is 3.24. The van der Waals surface area contributed by atoms with Crippen LogP contribution in [0.1, 0.15) is 11.1 Å². The Balaban J connectivity index is 1.54. The number of fused-ring (bicyclic) bond motifs is 1. The molecule has 1 N–H and O–H groups in total. The fourth-order valence-corrected chi connectivity index (χ4v) is 5.00. The van der Waals surface area contributed by atoms with Gasteiger partial charge < -0.3 is 10.1 Å². The van der Waals surface area contributed by atoms with Gasteiger partial charge in [0.1, 0.15) is 11.6 Å². The maximum atomic E-state index is 13.4. The molecule has 0 saturated heterocycles. The second-order valence-corrected chi connectivity index (χ2v) is 9.09. The molecule has 0 saturated carbocycles. The second kappa shape index (κ2) is 8.77. The van der Waals surface area contributed by atoms with Crippen molar-refractivity contribution in [1.29, 1.82) is 0 Å². The topological polar surface area (TPSA) is 75.7 Å². The number of ether oxygens (including phenoxy) is 1. The summed E-state index contributed by atoms with van der Waals surface area (Å²) in [5, 5.41) is 2.70. The molecule has 0 radical (unpaired) electrons. The lowest BCUT2D eigenvalue weighted by Gasteiger charge is -2.34. The van der Waals surface area contributed by atoms with Crippen LogP contribution in [0.25, 0.3) is 0 Å². The molecular weight excluding hydrogens is 419 g/mol. The van der Waals surface area contributed by atoms with Crippen LogP contribution in [0.5, 0.6) is 5.75 Å². The van der Waals surface area contributed by atoms with Crippen LogP contribution in [0, 0.1) is 5.82 Å². The highest BCUT2D eigenvalue weighted by Crippen LogP contribution is 2.35. The highest BCUT2D eigenvalue weighted by Gasteiger charge is 2.36. The smallest absolute Gasteiger partial charge is 0.263 e. The van der Waals surface area contributed by atoms with Crippen molar-refractivity contribution in [3.05, 3.63) is 95.8 Å². The quantitative estimate of drug-likeness (QED) is 0.639. The summed E-state index contributed by atoms with van der Waals surface area (Å²) < 4.78 is 46.8. The average molecular weight is 440 g/mol. The lowest BCUT2D eigenvalue weighted by atomic mass is 10.2. The molecule has 0 bridgehead atoms. The number of halogens is 1. The zero-order valence-corrected chi connectivity index (χ0v) is 17.4. The minimum absolute atomic E-state index is 0.106. The largest absolute Gasteiger partial charge is 0.476 e. The van der Waals surface area contributed by atoms with E-state index in [0.29, 0.717) is 22.6 Å². The SMILES string of the molecule is O=C(NCc1cccc(F)c1)C1CN(S(=O)(=O)Cc2ccccc2)c2ccccc2O1. The predicted molar refractivity (Wildman–Crippen MR) is 116 cm³/mol. The summed E-state index contributed by atoms with van der Waals surface area (Å²) in [4.78, 5) is 12.7. The monoisotopic (exact) mass is 440 g/mol. The van der Waals surface area contributed by atoms with Crippen LogP contribution >= 0.6 is 0 Å². The number of nitrogens with one attached hydrogen (secondary N) is 1. The van der Waals surface area contributed by atoms with Gasteiger partial charge in [0.25, 0.3) is 5.91 Å². The summed E-state index contributed by atoms with van der Waals surface area (Å²) in [7, 11) is -3.77. The number of nitrogens with zero attached hydrogens (tertiary/aromatic N) is 1. The molecule has 1 atom stereocenters.